The number of nitrogens with one attached hydrogen (secondary N) is 2. The molecule has 5 heterocycles. The van der Waals surface area contributed by atoms with Gasteiger partial charge in [-0.3, -0.25) is 9.78 Å². The highest BCUT2D eigenvalue weighted by Crippen LogP contribution is 2.34. The first-order valence-electron chi connectivity index (χ1n) is 14.0. The molecule has 10 heteroatoms. The minimum absolute atomic E-state index is 0.188. The first-order valence-corrected chi connectivity index (χ1v) is 14.0. The lowest BCUT2D eigenvalue weighted by Crippen LogP contribution is -2.24. The molecule has 1 amide bonds. The lowest BCUT2D eigenvalue weighted by molar-refractivity contribution is -0.119. The SMILES string of the molecule is COC(=O)c1c(NC(=O)C2CCOC2)c2cc(NCc3cccn3-c3cccnc3)cnc2n1CCc1ccccc1. The number of benzene rings is 1. The minimum atomic E-state index is -0.539. The van der Waals surface area contributed by atoms with Crippen LogP contribution >= 0.6 is 0 Å². The Kier molecular flexibility index (Phi) is 7.96. The number of pyridine rings is 2. The number of carbonyl (C=O) groups is 2. The van der Waals surface area contributed by atoms with Crippen molar-refractivity contribution in [2.75, 3.05) is 31.0 Å². The van der Waals surface area contributed by atoms with E-state index in [1.165, 1.54) is 7.11 Å². The number of nitrogens with zero attached hydrogens (tertiary/aromatic N) is 4. The highest BCUT2D eigenvalue weighted by molar-refractivity contribution is 6.11. The second-order valence-corrected chi connectivity index (χ2v) is 10.2. The average molecular weight is 565 g/mol. The van der Waals surface area contributed by atoms with Crippen LogP contribution < -0.4 is 10.6 Å². The molecule has 1 aliphatic rings. The molecule has 0 spiro atoms. The molecule has 42 heavy (non-hydrogen) atoms. The molecular formula is C32H32N6O4. The quantitative estimate of drug-likeness (QED) is 0.234. The van der Waals surface area contributed by atoms with Gasteiger partial charge in [0.25, 0.3) is 0 Å². The number of aromatic nitrogens is 4. The molecule has 10 nitrogen and oxygen atoms in total. The van der Waals surface area contributed by atoms with Crippen molar-refractivity contribution >= 4 is 34.3 Å². The number of amides is 1. The normalized spacial score (nSPS) is 14.6. The molecule has 0 aliphatic carbocycles. The summed E-state index contributed by atoms with van der Waals surface area (Å²) in [4.78, 5) is 35.5. The average Bonchev–Trinajstić information content (AvgIpc) is 3.80. The monoisotopic (exact) mass is 564 g/mol. The van der Waals surface area contributed by atoms with Crippen molar-refractivity contribution in [2.24, 2.45) is 5.92 Å². The van der Waals surface area contributed by atoms with Crippen LogP contribution in [0.25, 0.3) is 16.7 Å². The van der Waals surface area contributed by atoms with Crippen molar-refractivity contribution in [1.29, 1.82) is 0 Å². The number of carbonyl (C=O) groups excluding carboxylic acids is 2. The molecule has 1 fully saturated rings. The maximum atomic E-state index is 13.3. The van der Waals surface area contributed by atoms with E-state index in [1.54, 1.807) is 12.4 Å². The van der Waals surface area contributed by atoms with E-state index >= 15 is 0 Å². The van der Waals surface area contributed by atoms with Crippen molar-refractivity contribution in [1.82, 2.24) is 19.1 Å². The Balaban J connectivity index is 1.36. The van der Waals surface area contributed by atoms with E-state index in [4.69, 9.17) is 14.5 Å². The van der Waals surface area contributed by atoms with Crippen molar-refractivity contribution in [3.8, 4) is 5.69 Å². The van der Waals surface area contributed by atoms with Crippen molar-refractivity contribution in [2.45, 2.75) is 25.9 Å². The number of aryl methyl sites for hydroxylation is 2. The Morgan fingerprint density at radius 1 is 1.10 bits per heavy atom. The summed E-state index contributed by atoms with van der Waals surface area (Å²) in [5.74, 6) is -1.01. The number of rotatable bonds is 10. The number of methoxy groups -OCH3 is 1. The van der Waals surface area contributed by atoms with Crippen LogP contribution in [0.3, 0.4) is 0 Å². The van der Waals surface area contributed by atoms with Gasteiger partial charge in [0.05, 0.1) is 55.6 Å². The van der Waals surface area contributed by atoms with E-state index in [-0.39, 0.29) is 17.5 Å². The Morgan fingerprint density at radius 2 is 1.98 bits per heavy atom. The molecule has 1 aromatic carbocycles. The van der Waals surface area contributed by atoms with Gasteiger partial charge in [-0.2, -0.15) is 0 Å². The maximum absolute atomic E-state index is 13.3. The number of fused-ring (bicyclic) bond motifs is 1. The Bertz CT molecular complexity index is 1690. The minimum Gasteiger partial charge on any atom is -0.464 e. The number of anilines is 2. The molecule has 1 atom stereocenters. The summed E-state index contributed by atoms with van der Waals surface area (Å²) < 4.78 is 14.5. The van der Waals surface area contributed by atoms with E-state index in [2.05, 4.69) is 20.2 Å². The van der Waals surface area contributed by atoms with Crippen LogP contribution in [0.1, 0.15) is 28.2 Å². The van der Waals surface area contributed by atoms with Crippen LogP contribution in [0.5, 0.6) is 0 Å². The molecule has 5 aromatic rings. The molecule has 1 saturated heterocycles. The summed E-state index contributed by atoms with van der Waals surface area (Å²) in [6.07, 6.45) is 8.60. The largest absolute Gasteiger partial charge is 0.464 e. The van der Waals surface area contributed by atoms with Gasteiger partial charge < -0.3 is 29.2 Å². The summed E-state index contributed by atoms with van der Waals surface area (Å²) in [6.45, 7) is 1.89. The highest BCUT2D eigenvalue weighted by atomic mass is 16.5. The van der Waals surface area contributed by atoms with Gasteiger partial charge in [-0.05, 0) is 48.7 Å². The highest BCUT2D eigenvalue weighted by Gasteiger charge is 2.30. The molecule has 1 aliphatic heterocycles. The predicted molar refractivity (Wildman–Crippen MR) is 160 cm³/mol. The van der Waals surface area contributed by atoms with Crippen LogP contribution in [-0.4, -0.2) is 51.3 Å². The van der Waals surface area contributed by atoms with Gasteiger partial charge in [0, 0.05) is 36.6 Å². The first-order chi connectivity index (χ1) is 20.6. The van der Waals surface area contributed by atoms with Crippen molar-refractivity contribution in [3.05, 3.63) is 102 Å². The van der Waals surface area contributed by atoms with E-state index in [0.29, 0.717) is 55.9 Å². The van der Waals surface area contributed by atoms with Gasteiger partial charge >= 0.3 is 5.97 Å². The Morgan fingerprint density at radius 3 is 2.74 bits per heavy atom. The number of hydrogen-bond acceptors (Lipinski definition) is 7. The summed E-state index contributed by atoms with van der Waals surface area (Å²) in [6, 6.07) is 19.9. The Hall–Kier alpha value is -4.96. The lowest BCUT2D eigenvalue weighted by Gasteiger charge is -2.12. The van der Waals surface area contributed by atoms with Crippen LogP contribution in [0.4, 0.5) is 11.4 Å². The topological polar surface area (TPSA) is 112 Å². The molecular weight excluding hydrogens is 532 g/mol. The molecule has 0 saturated carbocycles. The molecule has 0 bridgehead atoms. The van der Waals surface area contributed by atoms with Gasteiger partial charge in [-0.15, -0.1) is 0 Å². The van der Waals surface area contributed by atoms with E-state index in [9.17, 15) is 9.59 Å². The van der Waals surface area contributed by atoms with Crippen molar-refractivity contribution in [3.63, 3.8) is 0 Å². The zero-order valence-corrected chi connectivity index (χ0v) is 23.3. The third-order valence-corrected chi connectivity index (χ3v) is 7.52. The van der Waals surface area contributed by atoms with Crippen LogP contribution in [0, 0.1) is 5.92 Å². The molecule has 214 valence electrons. The lowest BCUT2D eigenvalue weighted by atomic mass is 10.1. The summed E-state index contributed by atoms with van der Waals surface area (Å²) in [5.41, 5.74) is 5.13. The standard InChI is InChI=1S/C32H32N6O4/c1-41-32(40)29-28(36-31(39)23-12-16-42-21-23)27-17-24(18-35-30(27)38(29)15-11-22-7-3-2-4-8-22)34-20-26-10-6-14-37(26)25-9-5-13-33-19-25/h2-10,13-14,17-19,23,34H,11-12,15-16,20-21H2,1H3,(H,36,39). The third-order valence-electron chi connectivity index (χ3n) is 7.52. The summed E-state index contributed by atoms with van der Waals surface area (Å²) in [5, 5.41) is 7.15. The Labute approximate surface area is 243 Å². The number of hydrogen-bond donors (Lipinski definition) is 2. The first kappa shape index (κ1) is 27.2. The molecule has 1 unspecified atom stereocenters. The summed E-state index contributed by atoms with van der Waals surface area (Å²) >= 11 is 0. The number of esters is 1. The molecule has 6 rings (SSSR count). The van der Waals surface area contributed by atoms with Gasteiger partial charge in [0.15, 0.2) is 5.69 Å². The van der Waals surface area contributed by atoms with E-state index < -0.39 is 5.97 Å². The van der Waals surface area contributed by atoms with Gasteiger partial charge in [-0.1, -0.05) is 30.3 Å². The molecule has 0 radical (unpaired) electrons. The van der Waals surface area contributed by atoms with Crippen LogP contribution in [0.2, 0.25) is 0 Å². The van der Waals surface area contributed by atoms with Gasteiger partial charge in [0.1, 0.15) is 5.65 Å². The molecule has 2 N–H and O–H groups in total. The van der Waals surface area contributed by atoms with Crippen molar-refractivity contribution < 1.29 is 19.1 Å². The smallest absolute Gasteiger partial charge is 0.356 e. The number of ether oxygens (including phenoxy) is 2. The van der Waals surface area contributed by atoms with E-state index in [1.807, 2.05) is 77.6 Å². The zero-order valence-electron chi connectivity index (χ0n) is 23.3. The van der Waals surface area contributed by atoms with E-state index in [0.717, 1.165) is 22.6 Å². The zero-order chi connectivity index (χ0) is 28.9. The predicted octanol–water partition coefficient (Wildman–Crippen LogP) is 4.84. The maximum Gasteiger partial charge on any atom is 0.356 e. The summed E-state index contributed by atoms with van der Waals surface area (Å²) in [7, 11) is 1.34. The van der Waals surface area contributed by atoms with Gasteiger partial charge in [0.2, 0.25) is 5.91 Å². The fraction of sp³-hybridized carbons (Fsp3) is 0.250. The second-order valence-electron chi connectivity index (χ2n) is 10.2. The molecule has 4 aromatic heterocycles. The van der Waals surface area contributed by atoms with Gasteiger partial charge in [-0.25, -0.2) is 9.78 Å². The van der Waals surface area contributed by atoms with Crippen LogP contribution in [0.15, 0.2) is 85.5 Å². The fourth-order valence-electron chi connectivity index (χ4n) is 5.33. The fourth-order valence-corrected chi connectivity index (χ4v) is 5.33. The second kappa shape index (κ2) is 12.3. The van der Waals surface area contributed by atoms with Crippen LogP contribution in [-0.2, 0) is 33.8 Å². The third kappa shape index (κ3) is 5.61.